The van der Waals surface area contributed by atoms with Crippen molar-refractivity contribution in [3.63, 3.8) is 0 Å². The predicted octanol–water partition coefficient (Wildman–Crippen LogP) is 1.89. The van der Waals surface area contributed by atoms with Crippen LogP contribution in [-0.4, -0.2) is 62.2 Å². The quantitative estimate of drug-likeness (QED) is 0.735. The van der Waals surface area contributed by atoms with Crippen LogP contribution in [-0.2, 0) is 0 Å². The molecule has 1 aliphatic heterocycles. The molecule has 3 rings (SSSR count). The number of hydrogen-bond acceptors (Lipinski definition) is 7. The Morgan fingerprint density at radius 3 is 2.53 bits per heavy atom. The molecule has 0 bridgehead atoms. The van der Waals surface area contributed by atoms with Crippen molar-refractivity contribution >= 4 is 11.8 Å². The lowest BCUT2D eigenvalue weighted by atomic mass is 10.1. The molecule has 30 heavy (non-hydrogen) atoms. The topological polar surface area (TPSA) is 113 Å². The lowest BCUT2D eigenvalue weighted by Crippen LogP contribution is -2.44. The van der Waals surface area contributed by atoms with Gasteiger partial charge in [0.2, 0.25) is 5.75 Å². The van der Waals surface area contributed by atoms with Gasteiger partial charge in [0, 0.05) is 18.8 Å². The number of nitrogens with two attached hydrogens (primary N) is 1. The van der Waals surface area contributed by atoms with Crippen LogP contribution in [0.5, 0.6) is 23.0 Å². The van der Waals surface area contributed by atoms with Gasteiger partial charge in [-0.2, -0.15) is 0 Å². The van der Waals surface area contributed by atoms with Gasteiger partial charge in [-0.3, -0.25) is 14.6 Å². The minimum atomic E-state index is -0.624. The first-order valence-corrected chi connectivity index (χ1v) is 9.49. The number of primary amides is 1. The fourth-order valence-electron chi connectivity index (χ4n) is 3.47. The van der Waals surface area contributed by atoms with Gasteiger partial charge < -0.3 is 29.6 Å². The number of carbonyl (C=O) groups is 2. The number of amides is 2. The summed E-state index contributed by atoms with van der Waals surface area (Å²) in [4.78, 5) is 30.2. The highest BCUT2D eigenvalue weighted by molar-refractivity contribution is 5.98. The van der Waals surface area contributed by atoms with Crippen molar-refractivity contribution in [2.75, 3.05) is 34.4 Å². The summed E-state index contributed by atoms with van der Waals surface area (Å²) in [5.74, 6) is 0.849. The molecule has 1 aromatic heterocycles. The third-order valence-corrected chi connectivity index (χ3v) is 4.89. The molecule has 9 heteroatoms. The molecular formula is C21H25N3O6. The molecule has 160 valence electrons. The molecule has 1 aliphatic rings. The smallest absolute Gasteiger partial charge is 0.267 e. The largest absolute Gasteiger partial charge is 0.493 e. The average molecular weight is 415 g/mol. The number of pyridine rings is 1. The lowest BCUT2D eigenvalue weighted by molar-refractivity contribution is 0.0534. The van der Waals surface area contributed by atoms with E-state index in [1.807, 2.05) is 0 Å². The van der Waals surface area contributed by atoms with Crippen molar-refractivity contribution in [2.24, 2.45) is 5.73 Å². The third kappa shape index (κ3) is 4.40. The Morgan fingerprint density at radius 2 is 1.87 bits per heavy atom. The Balaban J connectivity index is 1.78. The van der Waals surface area contributed by atoms with Gasteiger partial charge in [0.05, 0.1) is 33.4 Å². The molecular weight excluding hydrogens is 390 g/mol. The Labute approximate surface area is 174 Å². The van der Waals surface area contributed by atoms with Gasteiger partial charge >= 0.3 is 0 Å². The molecule has 1 atom stereocenters. The first-order chi connectivity index (χ1) is 14.5. The van der Waals surface area contributed by atoms with E-state index in [0.29, 0.717) is 41.7 Å². The number of likely N-dealkylation sites (tertiary alicyclic amines) is 1. The summed E-state index contributed by atoms with van der Waals surface area (Å²) in [6.07, 6.45) is 2.80. The number of nitrogens with zero attached hydrogens (tertiary/aromatic N) is 2. The van der Waals surface area contributed by atoms with Crippen molar-refractivity contribution in [3.8, 4) is 23.0 Å². The van der Waals surface area contributed by atoms with Crippen LogP contribution >= 0.6 is 0 Å². The highest BCUT2D eigenvalue weighted by Gasteiger charge is 2.29. The van der Waals surface area contributed by atoms with Crippen LogP contribution < -0.4 is 24.7 Å². The first kappa shape index (κ1) is 21.2. The fraction of sp³-hybridized carbons (Fsp3) is 0.381. The number of aromatic nitrogens is 1. The van der Waals surface area contributed by atoms with E-state index in [1.54, 1.807) is 23.1 Å². The molecule has 0 aliphatic carbocycles. The predicted molar refractivity (Wildman–Crippen MR) is 108 cm³/mol. The number of hydrogen-bond donors (Lipinski definition) is 1. The molecule has 1 unspecified atom stereocenters. The van der Waals surface area contributed by atoms with Crippen LogP contribution in [0.2, 0.25) is 0 Å². The number of benzene rings is 1. The van der Waals surface area contributed by atoms with E-state index in [1.165, 1.54) is 33.6 Å². The maximum absolute atomic E-state index is 13.2. The normalized spacial score (nSPS) is 16.0. The summed E-state index contributed by atoms with van der Waals surface area (Å²) < 4.78 is 22.1. The van der Waals surface area contributed by atoms with Gasteiger partial charge in [0.15, 0.2) is 11.5 Å². The lowest BCUT2D eigenvalue weighted by Gasteiger charge is -2.33. The minimum Gasteiger partial charge on any atom is -0.493 e. The number of methoxy groups -OCH3 is 3. The second-order valence-electron chi connectivity index (χ2n) is 6.76. The third-order valence-electron chi connectivity index (χ3n) is 4.89. The first-order valence-electron chi connectivity index (χ1n) is 9.49. The van der Waals surface area contributed by atoms with Gasteiger partial charge in [0.25, 0.3) is 11.8 Å². The van der Waals surface area contributed by atoms with Crippen LogP contribution in [0.1, 0.15) is 33.7 Å². The van der Waals surface area contributed by atoms with Crippen LogP contribution in [0.25, 0.3) is 0 Å². The molecule has 2 amide bonds. The van der Waals surface area contributed by atoms with Gasteiger partial charge in [-0.25, -0.2) is 0 Å². The summed E-state index contributed by atoms with van der Waals surface area (Å²) in [6, 6.07) is 6.49. The highest BCUT2D eigenvalue weighted by Crippen LogP contribution is 2.40. The number of ether oxygens (including phenoxy) is 4. The van der Waals surface area contributed by atoms with Gasteiger partial charge in [-0.05, 0) is 31.0 Å². The summed E-state index contributed by atoms with van der Waals surface area (Å²) >= 11 is 0. The van der Waals surface area contributed by atoms with E-state index in [-0.39, 0.29) is 17.7 Å². The van der Waals surface area contributed by atoms with Crippen molar-refractivity contribution in [3.05, 3.63) is 41.7 Å². The van der Waals surface area contributed by atoms with Crippen LogP contribution in [0.3, 0.4) is 0 Å². The van der Waals surface area contributed by atoms with Gasteiger partial charge in [0.1, 0.15) is 17.5 Å². The van der Waals surface area contributed by atoms with Crippen molar-refractivity contribution in [2.45, 2.75) is 18.9 Å². The van der Waals surface area contributed by atoms with E-state index in [0.717, 1.165) is 12.8 Å². The summed E-state index contributed by atoms with van der Waals surface area (Å²) in [7, 11) is 4.50. The Bertz CT molecular complexity index is 933. The Morgan fingerprint density at radius 1 is 1.10 bits per heavy atom. The number of carbonyl (C=O) groups excluding carboxylic acids is 2. The molecule has 0 saturated carbocycles. The van der Waals surface area contributed by atoms with Crippen molar-refractivity contribution in [1.82, 2.24) is 9.88 Å². The maximum Gasteiger partial charge on any atom is 0.267 e. The van der Waals surface area contributed by atoms with Crippen LogP contribution in [0.15, 0.2) is 30.5 Å². The zero-order valence-corrected chi connectivity index (χ0v) is 17.2. The minimum absolute atomic E-state index is 0.131. The van der Waals surface area contributed by atoms with E-state index in [2.05, 4.69) is 4.98 Å². The monoisotopic (exact) mass is 415 g/mol. The van der Waals surface area contributed by atoms with Gasteiger partial charge in [-0.15, -0.1) is 0 Å². The SMILES string of the molecule is COc1ccc(C(=O)N2CCCC(Oc3ccnc(C(N)=O)c3)C2)c(OC)c1OC. The Kier molecular flexibility index (Phi) is 6.61. The standard InChI is InChI=1S/C21H25N3O6/c1-27-17-7-6-15(18(28-2)19(17)29-3)21(26)24-10-4-5-14(12-24)30-13-8-9-23-16(11-13)20(22)25/h6-9,11,14H,4-5,10,12H2,1-3H3,(H2,22,25). The summed E-state index contributed by atoms with van der Waals surface area (Å²) in [5, 5.41) is 0. The van der Waals surface area contributed by atoms with E-state index < -0.39 is 5.91 Å². The highest BCUT2D eigenvalue weighted by atomic mass is 16.5. The van der Waals surface area contributed by atoms with Gasteiger partial charge in [-0.1, -0.05) is 0 Å². The van der Waals surface area contributed by atoms with E-state index in [9.17, 15) is 9.59 Å². The molecule has 0 spiro atoms. The molecule has 2 aromatic rings. The van der Waals surface area contributed by atoms with Crippen LogP contribution in [0, 0.1) is 0 Å². The molecule has 1 aromatic carbocycles. The Hall–Kier alpha value is -3.49. The van der Waals surface area contributed by atoms with Crippen LogP contribution in [0.4, 0.5) is 0 Å². The molecule has 0 radical (unpaired) electrons. The van der Waals surface area contributed by atoms with E-state index in [4.69, 9.17) is 24.7 Å². The average Bonchev–Trinajstić information content (AvgIpc) is 2.77. The molecule has 9 nitrogen and oxygen atoms in total. The maximum atomic E-state index is 13.2. The molecule has 2 N–H and O–H groups in total. The number of rotatable bonds is 7. The zero-order chi connectivity index (χ0) is 21.7. The second-order valence-corrected chi connectivity index (χ2v) is 6.76. The molecule has 2 heterocycles. The summed E-state index contributed by atoms with van der Waals surface area (Å²) in [6.45, 7) is 0.990. The van der Waals surface area contributed by atoms with Crippen molar-refractivity contribution < 1.29 is 28.5 Å². The zero-order valence-electron chi connectivity index (χ0n) is 17.2. The van der Waals surface area contributed by atoms with E-state index >= 15 is 0 Å². The molecule has 1 fully saturated rings. The fourth-order valence-corrected chi connectivity index (χ4v) is 3.47. The summed E-state index contributed by atoms with van der Waals surface area (Å²) in [5.41, 5.74) is 5.79. The second kappa shape index (κ2) is 9.34. The molecule has 1 saturated heterocycles. The number of piperidine rings is 1. The van der Waals surface area contributed by atoms with Crippen molar-refractivity contribution in [1.29, 1.82) is 0 Å².